The van der Waals surface area contributed by atoms with Crippen LogP contribution in [0.3, 0.4) is 0 Å². The number of carbonyl (C=O) groups excluding carboxylic acids is 1. The molecule has 3 heterocycles. The summed E-state index contributed by atoms with van der Waals surface area (Å²) in [7, 11) is 3.12. The molecule has 2 aromatic carbocycles. The number of aliphatic hydroxyl groups is 1. The molecule has 3 aliphatic rings. The highest BCUT2D eigenvalue weighted by Crippen LogP contribution is 2.49. The second-order valence-electron chi connectivity index (χ2n) is 9.76. The molecule has 3 unspecified atom stereocenters. The quantitative estimate of drug-likeness (QED) is 0.451. The Kier molecular flexibility index (Phi) is 6.93. The standard InChI is InChI=1S/C28H33N3O7/c1-14(2)21-11-18-20(38-21)7-6-16(27(18)33)26-25-17-10-23(35-4)24(36-5)12-22(17)37-13-19(25)31(30-26)28(34)15(3)29-8-9-32/h6-7,10,12,15,19,21,25,29,32-33H,1,8-9,11,13H2,2-5H3/t15?,19?,21-,25?/m1/s1. The van der Waals surface area contributed by atoms with Crippen molar-refractivity contribution in [3.05, 3.63) is 53.1 Å². The van der Waals surface area contributed by atoms with Gasteiger partial charge in [0.2, 0.25) is 0 Å². The third-order valence-electron chi connectivity index (χ3n) is 7.35. The molecular weight excluding hydrogens is 490 g/mol. The predicted molar refractivity (Wildman–Crippen MR) is 141 cm³/mol. The molecule has 0 aromatic heterocycles. The molecule has 0 fully saturated rings. The Bertz CT molecular complexity index is 1310. The van der Waals surface area contributed by atoms with E-state index in [4.69, 9.17) is 24.0 Å². The summed E-state index contributed by atoms with van der Waals surface area (Å²) in [6.45, 7) is 8.01. The third-order valence-corrected chi connectivity index (χ3v) is 7.35. The molecule has 10 heteroatoms. The van der Waals surface area contributed by atoms with Gasteiger partial charge in [-0.2, -0.15) is 5.10 Å². The van der Waals surface area contributed by atoms with Gasteiger partial charge in [-0.05, 0) is 37.6 Å². The van der Waals surface area contributed by atoms with Crippen molar-refractivity contribution in [3.8, 4) is 28.7 Å². The lowest BCUT2D eigenvalue weighted by atomic mass is 9.82. The molecule has 0 aliphatic carbocycles. The number of aromatic hydroxyl groups is 1. The molecule has 3 aliphatic heterocycles. The van der Waals surface area contributed by atoms with Gasteiger partial charge in [-0.15, -0.1) is 0 Å². The van der Waals surface area contributed by atoms with Gasteiger partial charge in [0.05, 0.1) is 38.5 Å². The van der Waals surface area contributed by atoms with Gasteiger partial charge in [0.15, 0.2) is 11.5 Å². The molecule has 2 aromatic rings. The molecule has 3 N–H and O–H groups in total. The van der Waals surface area contributed by atoms with Gasteiger partial charge in [0, 0.05) is 35.7 Å². The largest absolute Gasteiger partial charge is 0.507 e. The second kappa shape index (κ2) is 10.2. The summed E-state index contributed by atoms with van der Waals surface area (Å²) < 4.78 is 23.1. The smallest absolute Gasteiger partial charge is 0.259 e. The van der Waals surface area contributed by atoms with E-state index in [0.717, 1.165) is 11.1 Å². The minimum absolute atomic E-state index is 0.0815. The summed E-state index contributed by atoms with van der Waals surface area (Å²) >= 11 is 0. The van der Waals surface area contributed by atoms with E-state index in [2.05, 4.69) is 11.9 Å². The topological polar surface area (TPSA) is 122 Å². The van der Waals surface area contributed by atoms with Crippen LogP contribution in [0, 0.1) is 0 Å². The lowest BCUT2D eigenvalue weighted by molar-refractivity contribution is -0.135. The number of aliphatic hydroxyl groups excluding tert-OH is 1. The average molecular weight is 524 g/mol. The van der Waals surface area contributed by atoms with Crippen molar-refractivity contribution in [2.24, 2.45) is 5.10 Å². The van der Waals surface area contributed by atoms with Gasteiger partial charge >= 0.3 is 0 Å². The number of hydrogen-bond donors (Lipinski definition) is 3. The maximum atomic E-state index is 13.5. The minimum Gasteiger partial charge on any atom is -0.507 e. The number of rotatable bonds is 8. The van der Waals surface area contributed by atoms with Crippen molar-refractivity contribution < 1.29 is 34.0 Å². The number of ether oxygens (including phenoxy) is 4. The van der Waals surface area contributed by atoms with E-state index in [0.29, 0.717) is 46.3 Å². The van der Waals surface area contributed by atoms with Crippen molar-refractivity contribution in [1.29, 1.82) is 0 Å². The molecule has 10 nitrogen and oxygen atoms in total. The Labute approximate surface area is 221 Å². The Morgan fingerprint density at radius 3 is 2.68 bits per heavy atom. The number of phenolic OH excluding ortho intramolecular Hbond substituents is 1. The van der Waals surface area contributed by atoms with Crippen LogP contribution in [0.15, 0.2) is 41.5 Å². The van der Waals surface area contributed by atoms with E-state index in [1.165, 1.54) is 5.01 Å². The third kappa shape index (κ3) is 4.23. The van der Waals surface area contributed by atoms with Crippen LogP contribution in [-0.4, -0.2) is 79.0 Å². The summed E-state index contributed by atoms with van der Waals surface area (Å²) in [5.41, 5.74) is 3.42. The number of carbonyl (C=O) groups is 1. The molecule has 0 bridgehead atoms. The summed E-state index contributed by atoms with van der Waals surface area (Å²) in [6, 6.07) is 6.18. The maximum Gasteiger partial charge on any atom is 0.259 e. The highest BCUT2D eigenvalue weighted by Gasteiger charge is 2.48. The zero-order valence-electron chi connectivity index (χ0n) is 22.0. The Morgan fingerprint density at radius 2 is 2.00 bits per heavy atom. The predicted octanol–water partition coefficient (Wildman–Crippen LogP) is 2.35. The molecule has 5 rings (SSSR count). The van der Waals surface area contributed by atoms with Crippen LogP contribution in [0.2, 0.25) is 0 Å². The highest BCUT2D eigenvalue weighted by molar-refractivity contribution is 6.10. The Balaban J connectivity index is 1.61. The summed E-state index contributed by atoms with van der Waals surface area (Å²) in [4.78, 5) is 13.5. The number of methoxy groups -OCH3 is 2. The van der Waals surface area contributed by atoms with E-state index in [1.54, 1.807) is 33.3 Å². The van der Waals surface area contributed by atoms with Crippen LogP contribution in [0.5, 0.6) is 28.7 Å². The van der Waals surface area contributed by atoms with E-state index in [9.17, 15) is 15.0 Å². The molecule has 4 atom stereocenters. The summed E-state index contributed by atoms with van der Waals surface area (Å²) in [5, 5.41) is 29.9. The van der Waals surface area contributed by atoms with Crippen molar-refractivity contribution in [2.45, 2.75) is 44.4 Å². The first-order valence-corrected chi connectivity index (χ1v) is 12.6. The zero-order valence-corrected chi connectivity index (χ0v) is 22.0. The van der Waals surface area contributed by atoms with Gasteiger partial charge in [-0.1, -0.05) is 6.58 Å². The number of phenols is 1. The second-order valence-corrected chi connectivity index (χ2v) is 9.76. The number of benzene rings is 2. The molecule has 0 saturated carbocycles. The maximum absolute atomic E-state index is 13.5. The van der Waals surface area contributed by atoms with Crippen molar-refractivity contribution in [2.75, 3.05) is 34.0 Å². The molecule has 38 heavy (non-hydrogen) atoms. The van der Waals surface area contributed by atoms with Crippen LogP contribution in [0.25, 0.3) is 0 Å². The van der Waals surface area contributed by atoms with Gasteiger partial charge in [0.1, 0.15) is 36.0 Å². The molecule has 0 spiro atoms. The molecule has 1 amide bonds. The molecule has 0 saturated heterocycles. The Hall–Kier alpha value is -3.76. The van der Waals surface area contributed by atoms with Gasteiger partial charge in [-0.3, -0.25) is 4.79 Å². The van der Waals surface area contributed by atoms with Crippen molar-refractivity contribution in [3.63, 3.8) is 0 Å². The zero-order chi connectivity index (χ0) is 27.1. The van der Waals surface area contributed by atoms with E-state index in [-0.39, 0.29) is 37.5 Å². The van der Waals surface area contributed by atoms with Crippen LogP contribution in [0.4, 0.5) is 0 Å². The van der Waals surface area contributed by atoms with Crippen LogP contribution >= 0.6 is 0 Å². The summed E-state index contributed by atoms with van der Waals surface area (Å²) in [6.07, 6.45) is 0.294. The molecule has 202 valence electrons. The fourth-order valence-electron chi connectivity index (χ4n) is 5.30. The lowest BCUT2D eigenvalue weighted by Gasteiger charge is -2.34. The molecule has 0 radical (unpaired) electrons. The monoisotopic (exact) mass is 523 g/mol. The Morgan fingerprint density at radius 1 is 1.26 bits per heavy atom. The summed E-state index contributed by atoms with van der Waals surface area (Å²) in [5.74, 6) is 1.69. The van der Waals surface area contributed by atoms with Gasteiger partial charge < -0.3 is 34.5 Å². The number of nitrogens with zero attached hydrogens (tertiary/aromatic N) is 2. The number of nitrogens with one attached hydrogen (secondary N) is 1. The number of hydrogen-bond acceptors (Lipinski definition) is 9. The van der Waals surface area contributed by atoms with Crippen molar-refractivity contribution in [1.82, 2.24) is 10.3 Å². The van der Waals surface area contributed by atoms with Crippen LogP contribution in [-0.2, 0) is 11.2 Å². The molecular formula is C28H33N3O7. The van der Waals surface area contributed by atoms with Gasteiger partial charge in [-0.25, -0.2) is 5.01 Å². The van der Waals surface area contributed by atoms with Gasteiger partial charge in [0.25, 0.3) is 5.91 Å². The fourth-order valence-corrected chi connectivity index (χ4v) is 5.30. The lowest BCUT2D eigenvalue weighted by Crippen LogP contribution is -2.49. The van der Waals surface area contributed by atoms with E-state index in [1.807, 2.05) is 19.1 Å². The first-order valence-electron chi connectivity index (χ1n) is 12.6. The number of hydrazone groups is 1. The van der Waals surface area contributed by atoms with Crippen LogP contribution in [0.1, 0.15) is 36.5 Å². The first kappa shape index (κ1) is 25.9. The van der Waals surface area contributed by atoms with Crippen LogP contribution < -0.4 is 24.3 Å². The average Bonchev–Trinajstić information content (AvgIpc) is 3.53. The number of amides is 1. The minimum atomic E-state index is -0.587. The fraction of sp³-hybridized carbons (Fsp3) is 0.429. The SMILES string of the molecule is C=C(C)[C@H]1Cc2c(ccc(C3=NN(C(=O)C(C)NCCO)C4COc5cc(OC)c(OC)cc5C34)c2O)O1. The normalized spacial score (nSPS) is 21.9. The van der Waals surface area contributed by atoms with Crippen molar-refractivity contribution >= 4 is 11.6 Å². The number of fused-ring (bicyclic) bond motifs is 4. The first-order chi connectivity index (χ1) is 18.3. The van der Waals surface area contributed by atoms with E-state index < -0.39 is 18.0 Å². The highest BCUT2D eigenvalue weighted by atomic mass is 16.5. The van der Waals surface area contributed by atoms with E-state index >= 15 is 0 Å².